The van der Waals surface area contributed by atoms with Crippen LogP contribution in [0.2, 0.25) is 0 Å². The molecule has 34 aromatic rings. The second kappa shape index (κ2) is 31.1. The van der Waals surface area contributed by atoms with Crippen molar-refractivity contribution in [3.8, 4) is 39.3 Å². The lowest BCUT2D eigenvalue weighted by Crippen LogP contribution is -1.95. The molecule has 28 aromatic carbocycles. The zero-order chi connectivity index (χ0) is 95.2. The minimum atomic E-state index is 0.903. The molecule has 0 aliphatic carbocycles. The van der Waals surface area contributed by atoms with Gasteiger partial charge in [0.2, 0.25) is 0 Å². The van der Waals surface area contributed by atoms with Gasteiger partial charge in [0.15, 0.2) is 16.7 Å². The quantitative estimate of drug-likeness (QED) is 0.161. The zero-order valence-corrected chi connectivity index (χ0v) is 78.8. The first-order chi connectivity index (χ1) is 72.5. The van der Waals surface area contributed by atoms with Crippen LogP contribution in [0, 0.1) is 0 Å². The number of benzene rings is 28. The van der Waals surface area contributed by atoms with Crippen molar-refractivity contribution in [2.75, 3.05) is 0 Å². The maximum absolute atomic E-state index is 7.02. The fourth-order valence-electron chi connectivity index (χ4n) is 25.8. The lowest BCUT2D eigenvalue weighted by atomic mass is 9.89. The number of para-hydroxylation sites is 6. The number of nitrogens with zero attached hydrogens (tertiary/aromatic N) is 3. The van der Waals surface area contributed by atoms with E-state index in [1.54, 1.807) is 0 Å². The lowest BCUT2D eigenvalue weighted by Gasteiger charge is -2.15. The Morgan fingerprint density at radius 1 is 0.130 bits per heavy atom. The maximum Gasteiger partial charge on any atom is 0.160 e. The zero-order valence-electron chi connectivity index (χ0n) is 78.8. The first-order valence-corrected chi connectivity index (χ1v) is 50.3. The van der Waals surface area contributed by atoms with Gasteiger partial charge >= 0.3 is 0 Å². The molecule has 0 unspecified atom stereocenters. The summed E-state index contributed by atoms with van der Waals surface area (Å²) in [5.41, 5.74) is 20.4. The molecule has 146 heavy (non-hydrogen) atoms. The van der Waals surface area contributed by atoms with Gasteiger partial charge in [-0.2, -0.15) is 0 Å². The molecule has 0 saturated carbocycles. The predicted molar refractivity (Wildman–Crippen MR) is 620 cm³/mol. The van der Waals surface area contributed by atoms with Gasteiger partial charge in [-0.15, -0.1) is 0 Å². The number of hydrogen-bond donors (Lipinski definition) is 0. The first-order valence-electron chi connectivity index (χ1n) is 50.3. The average molecular weight is 1850 g/mol. The van der Waals surface area contributed by atoms with Gasteiger partial charge in [-0.1, -0.05) is 413 Å². The van der Waals surface area contributed by atoms with Crippen LogP contribution in [0.4, 0.5) is 0 Å². The molecule has 6 heterocycles. The number of fused-ring (bicyclic) bond motifs is 53. The molecule has 0 aliphatic heterocycles. The maximum atomic E-state index is 7.02. The Bertz CT molecular complexity index is 11700. The molecule has 0 amide bonds. The third kappa shape index (κ3) is 11.4. The fraction of sp³-hybridized carbons (Fsp3) is 0. The van der Waals surface area contributed by atoms with Gasteiger partial charge in [0.25, 0.3) is 0 Å². The Morgan fingerprint density at radius 3 is 0.781 bits per heavy atom. The largest absolute Gasteiger partial charge is 0.454 e. The second-order valence-electron chi connectivity index (χ2n) is 39.2. The minimum Gasteiger partial charge on any atom is -0.454 e. The van der Waals surface area contributed by atoms with Gasteiger partial charge in [0.05, 0.1) is 33.1 Å². The van der Waals surface area contributed by atoms with Crippen molar-refractivity contribution in [3.63, 3.8) is 0 Å². The van der Waals surface area contributed by atoms with Crippen LogP contribution in [0.3, 0.4) is 0 Å². The molecule has 0 saturated heterocycles. The average Bonchev–Trinajstić information content (AvgIpc) is 1.52. The van der Waals surface area contributed by atoms with Crippen LogP contribution in [0.15, 0.2) is 505 Å². The molecular formula is C140H81N3O3. The molecule has 34 rings (SSSR count). The molecule has 6 nitrogen and oxygen atoms in total. The summed E-state index contributed by atoms with van der Waals surface area (Å²) in [6.07, 6.45) is 0. The van der Waals surface area contributed by atoms with Gasteiger partial charge in [-0.05, 0) is 220 Å². The number of hydrogen-bond acceptors (Lipinski definition) is 3. The summed E-state index contributed by atoms with van der Waals surface area (Å²) < 4.78 is 28.3. The van der Waals surface area contributed by atoms with E-state index in [4.69, 9.17) is 13.3 Å². The highest BCUT2D eigenvalue weighted by atomic mass is 16.3. The van der Waals surface area contributed by atoms with Crippen molar-refractivity contribution in [1.82, 2.24) is 13.7 Å². The topological polar surface area (TPSA) is 54.2 Å². The third-order valence-electron chi connectivity index (χ3n) is 31.7. The van der Waals surface area contributed by atoms with Crippen molar-refractivity contribution in [1.29, 1.82) is 0 Å². The SMILES string of the molecule is c1cc(-c2ccc3ccccc3c2)cc(-n2c3ccccc3c3c4c5ccccc5c5ccccc5c4c4c5ccccc5oc4c32)c1.c1cc(-c2cccc3ccccc23)cc(-n2c3ccccc3c3c4c5ccccc5c5ccccc5c4c4c5ccccc5oc4c32)c1.c1ccc2c(c1)oc1c2c2c3ccccc3c3ccccc3c2c2c3ccccc3n(-c3ccc4c5ccccc5c5ccccc5c4c3)c12. The summed E-state index contributed by atoms with van der Waals surface area (Å²) in [6, 6.07) is 179. The van der Waals surface area contributed by atoms with Crippen LogP contribution in [0.1, 0.15) is 0 Å². The smallest absolute Gasteiger partial charge is 0.160 e. The van der Waals surface area contributed by atoms with Crippen LogP contribution in [0.5, 0.6) is 0 Å². The first kappa shape index (κ1) is 80.4. The van der Waals surface area contributed by atoms with Crippen LogP contribution in [0.25, 0.3) is 321 Å². The summed E-state index contributed by atoms with van der Waals surface area (Å²) in [5.74, 6) is 0. The van der Waals surface area contributed by atoms with Crippen LogP contribution in [-0.4, -0.2) is 13.7 Å². The molecule has 0 spiro atoms. The van der Waals surface area contributed by atoms with E-state index in [-0.39, 0.29) is 0 Å². The van der Waals surface area contributed by atoms with E-state index in [0.29, 0.717) is 0 Å². The summed E-state index contributed by atoms with van der Waals surface area (Å²) >= 11 is 0. The minimum absolute atomic E-state index is 0.903. The highest BCUT2D eigenvalue weighted by Gasteiger charge is 2.32. The van der Waals surface area contributed by atoms with E-state index >= 15 is 0 Å². The van der Waals surface area contributed by atoms with Crippen molar-refractivity contribution >= 4 is 282 Å². The molecular weight excluding hydrogens is 1770 g/mol. The summed E-state index contributed by atoms with van der Waals surface area (Å²) in [6.45, 7) is 0. The Balaban J connectivity index is 0.0000000976. The summed E-state index contributed by atoms with van der Waals surface area (Å²) in [7, 11) is 0. The van der Waals surface area contributed by atoms with Crippen LogP contribution in [-0.2, 0) is 0 Å². The van der Waals surface area contributed by atoms with Gasteiger partial charge < -0.3 is 27.0 Å². The van der Waals surface area contributed by atoms with Gasteiger partial charge in [0, 0.05) is 114 Å². The lowest BCUT2D eigenvalue weighted by molar-refractivity contribution is 0.671. The van der Waals surface area contributed by atoms with Gasteiger partial charge in [-0.25, -0.2) is 0 Å². The molecule has 0 N–H and O–H groups in total. The normalized spacial score (nSPS) is 12.2. The van der Waals surface area contributed by atoms with E-state index in [9.17, 15) is 0 Å². The Morgan fingerprint density at radius 2 is 0.390 bits per heavy atom. The third-order valence-corrected chi connectivity index (χ3v) is 31.7. The molecule has 0 radical (unpaired) electrons. The Labute approximate surface area is 833 Å². The Kier molecular flexibility index (Phi) is 17.1. The molecule has 6 aromatic heterocycles. The van der Waals surface area contributed by atoms with Crippen LogP contribution >= 0.6 is 0 Å². The van der Waals surface area contributed by atoms with E-state index in [2.05, 4.69) is 505 Å². The monoisotopic (exact) mass is 1850 g/mol. The van der Waals surface area contributed by atoms with Crippen molar-refractivity contribution in [2.24, 2.45) is 0 Å². The van der Waals surface area contributed by atoms with Crippen molar-refractivity contribution in [2.45, 2.75) is 0 Å². The highest BCUT2D eigenvalue weighted by molar-refractivity contribution is 6.49. The molecule has 0 aliphatic rings. The standard InChI is InChI=1S/C48H27NO.2C46H27NO/c1-2-15-31-29(13-1)30-14-3-4-18-34(30)40-27-28(25-26-35(31)40)49-41-23-11-9-21-38(41)45-43-36-19-7-5-16-32(36)33-17-6-8-20-37(33)44(43)46-39-22-10-12-24-42(39)50-48(46)47(45)49;1-2-17-31-28(13-1)14-12-24-32(31)29-15-11-16-30(27-29)47-39-25-9-7-22-37(39)43-41-35-20-5-3-18-33(35)34-19-4-6-21-36(34)42(41)44-38-23-8-10-26-40(38)48-46(44)45(43)47;1-2-13-29-26-31(25-24-28(29)12-1)30-14-11-15-32(27-30)47-39-22-9-7-20-37(39)43-41-35-18-5-3-16-33(35)34-17-4-6-19-36(34)42(41)44-38-21-8-10-23-40(38)48-46(44)45(43)47/h1-27H;2*1-27H. The van der Waals surface area contributed by atoms with Gasteiger partial charge in [-0.3, -0.25) is 0 Å². The Hall–Kier alpha value is -19.4. The van der Waals surface area contributed by atoms with E-state index in [1.165, 1.54) is 227 Å². The van der Waals surface area contributed by atoms with E-state index < -0.39 is 0 Å². The van der Waals surface area contributed by atoms with E-state index in [1.807, 2.05) is 0 Å². The number of aromatic nitrogens is 3. The summed E-state index contributed by atoms with van der Waals surface area (Å²) in [5, 5.41) is 49.6. The number of furan rings is 3. The van der Waals surface area contributed by atoms with E-state index in [0.717, 1.165) is 94.3 Å². The van der Waals surface area contributed by atoms with Gasteiger partial charge in [0.1, 0.15) is 16.7 Å². The molecule has 0 bridgehead atoms. The second-order valence-corrected chi connectivity index (χ2v) is 39.2. The molecule has 674 valence electrons. The van der Waals surface area contributed by atoms with Crippen molar-refractivity contribution in [3.05, 3.63) is 491 Å². The van der Waals surface area contributed by atoms with Crippen LogP contribution < -0.4 is 0 Å². The fourth-order valence-corrected chi connectivity index (χ4v) is 25.8. The molecule has 0 atom stereocenters. The number of rotatable bonds is 5. The predicted octanol–water partition coefficient (Wildman–Crippen LogP) is 39.5. The highest BCUT2D eigenvalue weighted by Crippen LogP contribution is 2.57. The molecule has 0 fully saturated rings. The summed E-state index contributed by atoms with van der Waals surface area (Å²) in [4.78, 5) is 0. The molecule has 6 heteroatoms. The van der Waals surface area contributed by atoms with Crippen molar-refractivity contribution < 1.29 is 13.3 Å².